The van der Waals surface area contributed by atoms with Gasteiger partial charge < -0.3 is 15.0 Å². The summed E-state index contributed by atoms with van der Waals surface area (Å²) in [5.74, 6) is 0.729. The Morgan fingerprint density at radius 1 is 1.35 bits per heavy atom. The van der Waals surface area contributed by atoms with E-state index in [4.69, 9.17) is 11.6 Å². The van der Waals surface area contributed by atoms with Gasteiger partial charge >= 0.3 is 0 Å². The number of hydrogen-bond acceptors (Lipinski definition) is 2. The van der Waals surface area contributed by atoms with Gasteiger partial charge in [0.15, 0.2) is 0 Å². The molecule has 3 atom stereocenters. The Bertz CT molecular complexity index is 681. The first kappa shape index (κ1) is 12.2. The summed E-state index contributed by atoms with van der Waals surface area (Å²) in [6.07, 6.45) is 5.99. The highest BCUT2D eigenvalue weighted by Gasteiger charge is 2.40. The molecule has 3 unspecified atom stereocenters. The number of carbonyl (C=O) groups excluding carboxylic acids is 1. The smallest absolute Gasteiger partial charge is 0.253 e. The molecule has 1 amide bonds. The number of piperidine rings is 1. The predicted octanol–water partition coefficient (Wildman–Crippen LogP) is 2.07. The van der Waals surface area contributed by atoms with Crippen LogP contribution in [0.3, 0.4) is 0 Å². The average Bonchev–Trinajstić information content (AvgIpc) is 3.14. The fourth-order valence-electron chi connectivity index (χ4n) is 3.47. The molecule has 4 rings (SSSR count). The highest BCUT2D eigenvalue weighted by molar-refractivity contribution is 6.34. The number of fused-ring (bicyclic) bond motifs is 3. The standard InChI is InChI=1S/C15H16ClN3O/c16-11-3-4-19-8-10(1-2-14(11)19)15(20)18-13-6-9-5-12(13)17-7-9/h1-4,8-9,12-13,17H,5-7H2,(H,18,20). The molecule has 4 nitrogen and oxygen atoms in total. The van der Waals surface area contributed by atoms with Crippen LogP contribution in [0.2, 0.25) is 5.02 Å². The minimum atomic E-state index is -0.00364. The first-order valence-electron chi connectivity index (χ1n) is 7.01. The zero-order valence-corrected chi connectivity index (χ0v) is 11.7. The van der Waals surface area contributed by atoms with E-state index in [9.17, 15) is 4.79 Å². The maximum Gasteiger partial charge on any atom is 0.253 e. The van der Waals surface area contributed by atoms with Gasteiger partial charge in [-0.25, -0.2) is 0 Å². The molecule has 2 aromatic heterocycles. The summed E-state index contributed by atoms with van der Waals surface area (Å²) in [7, 11) is 0. The molecule has 1 saturated carbocycles. The summed E-state index contributed by atoms with van der Waals surface area (Å²) in [6.45, 7) is 1.10. The number of nitrogens with one attached hydrogen (secondary N) is 2. The monoisotopic (exact) mass is 289 g/mol. The summed E-state index contributed by atoms with van der Waals surface area (Å²) >= 11 is 6.06. The molecule has 0 aromatic carbocycles. The van der Waals surface area contributed by atoms with E-state index in [2.05, 4.69) is 10.6 Å². The first-order valence-corrected chi connectivity index (χ1v) is 7.39. The highest BCUT2D eigenvalue weighted by Crippen LogP contribution is 2.31. The SMILES string of the molecule is O=C(NC1CC2CNC1C2)c1ccc2c(Cl)ccn2c1. The molecule has 1 aliphatic heterocycles. The van der Waals surface area contributed by atoms with Gasteiger partial charge in [0.1, 0.15) is 0 Å². The molecule has 1 aliphatic carbocycles. The van der Waals surface area contributed by atoms with Crippen LogP contribution < -0.4 is 10.6 Å². The third-order valence-corrected chi connectivity index (χ3v) is 4.83. The third-order valence-electron chi connectivity index (χ3n) is 4.51. The maximum absolute atomic E-state index is 12.3. The molecule has 0 spiro atoms. The number of aromatic nitrogens is 1. The van der Waals surface area contributed by atoms with E-state index in [1.54, 1.807) is 0 Å². The van der Waals surface area contributed by atoms with Gasteiger partial charge in [-0.3, -0.25) is 4.79 Å². The number of rotatable bonds is 2. The van der Waals surface area contributed by atoms with Crippen molar-refractivity contribution in [2.24, 2.45) is 5.92 Å². The Kier molecular flexibility index (Phi) is 2.75. The number of hydrogen-bond donors (Lipinski definition) is 2. The number of nitrogens with zero attached hydrogens (tertiary/aromatic N) is 1. The van der Waals surface area contributed by atoms with Crippen molar-refractivity contribution in [3.8, 4) is 0 Å². The molecular formula is C15H16ClN3O. The van der Waals surface area contributed by atoms with Crippen LogP contribution in [0.4, 0.5) is 0 Å². The molecule has 2 aliphatic rings. The molecule has 1 saturated heterocycles. The van der Waals surface area contributed by atoms with Crippen molar-refractivity contribution in [1.29, 1.82) is 0 Å². The van der Waals surface area contributed by atoms with Crippen LogP contribution in [0, 0.1) is 5.92 Å². The molecule has 2 bridgehead atoms. The summed E-state index contributed by atoms with van der Waals surface area (Å²) in [4.78, 5) is 12.3. The highest BCUT2D eigenvalue weighted by atomic mass is 35.5. The zero-order chi connectivity index (χ0) is 13.7. The lowest BCUT2D eigenvalue weighted by Gasteiger charge is -2.24. The lowest BCUT2D eigenvalue weighted by molar-refractivity contribution is 0.0928. The van der Waals surface area contributed by atoms with Crippen LogP contribution in [-0.2, 0) is 0 Å². The fraction of sp³-hybridized carbons (Fsp3) is 0.400. The van der Waals surface area contributed by atoms with Crippen LogP contribution in [0.15, 0.2) is 30.6 Å². The van der Waals surface area contributed by atoms with Gasteiger partial charge in [0.05, 0.1) is 16.1 Å². The van der Waals surface area contributed by atoms with Crippen LogP contribution in [-0.4, -0.2) is 28.9 Å². The molecule has 104 valence electrons. The van der Waals surface area contributed by atoms with Gasteiger partial charge in [0.2, 0.25) is 0 Å². The second-order valence-electron chi connectivity index (χ2n) is 5.81. The lowest BCUT2D eigenvalue weighted by atomic mass is 10.1. The minimum Gasteiger partial charge on any atom is -0.348 e. The van der Waals surface area contributed by atoms with Crippen molar-refractivity contribution in [2.45, 2.75) is 24.9 Å². The second-order valence-corrected chi connectivity index (χ2v) is 6.21. The molecule has 2 N–H and O–H groups in total. The van der Waals surface area contributed by atoms with E-state index >= 15 is 0 Å². The van der Waals surface area contributed by atoms with Gasteiger partial charge in [-0.2, -0.15) is 0 Å². The molecular weight excluding hydrogens is 274 g/mol. The number of pyridine rings is 1. The first-order chi connectivity index (χ1) is 9.70. The quantitative estimate of drug-likeness (QED) is 0.889. The van der Waals surface area contributed by atoms with Crippen LogP contribution in [0.25, 0.3) is 5.52 Å². The minimum absolute atomic E-state index is 0.00364. The third kappa shape index (κ3) is 1.91. The Balaban J connectivity index is 1.54. The summed E-state index contributed by atoms with van der Waals surface area (Å²) in [5, 5.41) is 7.31. The summed E-state index contributed by atoms with van der Waals surface area (Å²) < 4.78 is 1.89. The number of halogens is 1. The number of amides is 1. The van der Waals surface area contributed by atoms with E-state index in [-0.39, 0.29) is 11.9 Å². The summed E-state index contributed by atoms with van der Waals surface area (Å²) in [6, 6.07) is 6.27. The largest absolute Gasteiger partial charge is 0.348 e. The van der Waals surface area contributed by atoms with Crippen molar-refractivity contribution in [3.05, 3.63) is 41.2 Å². The van der Waals surface area contributed by atoms with Crippen molar-refractivity contribution in [2.75, 3.05) is 6.54 Å². The molecule has 5 heteroatoms. The Morgan fingerprint density at radius 2 is 2.25 bits per heavy atom. The van der Waals surface area contributed by atoms with Crippen LogP contribution in [0.1, 0.15) is 23.2 Å². The Labute approximate surface area is 122 Å². The van der Waals surface area contributed by atoms with Gasteiger partial charge in [0.25, 0.3) is 5.91 Å². The normalized spacial score (nSPS) is 28.1. The van der Waals surface area contributed by atoms with Crippen molar-refractivity contribution in [1.82, 2.24) is 15.0 Å². The number of carbonyl (C=O) groups is 1. The van der Waals surface area contributed by atoms with Gasteiger partial charge in [-0.1, -0.05) is 11.6 Å². The molecule has 0 radical (unpaired) electrons. The molecule has 3 heterocycles. The average molecular weight is 290 g/mol. The maximum atomic E-state index is 12.3. The second kappa shape index (κ2) is 4.50. The van der Waals surface area contributed by atoms with E-state index in [0.717, 1.165) is 24.4 Å². The predicted molar refractivity (Wildman–Crippen MR) is 78.2 cm³/mol. The van der Waals surface area contributed by atoms with Gasteiger partial charge in [0, 0.05) is 24.5 Å². The fourth-order valence-corrected chi connectivity index (χ4v) is 3.69. The zero-order valence-electron chi connectivity index (χ0n) is 11.0. The van der Waals surface area contributed by atoms with Crippen molar-refractivity contribution in [3.63, 3.8) is 0 Å². The van der Waals surface area contributed by atoms with Crippen molar-refractivity contribution >= 4 is 23.0 Å². The van der Waals surface area contributed by atoms with Gasteiger partial charge in [-0.15, -0.1) is 0 Å². The van der Waals surface area contributed by atoms with E-state index in [1.165, 1.54) is 6.42 Å². The van der Waals surface area contributed by atoms with E-state index in [1.807, 2.05) is 35.0 Å². The van der Waals surface area contributed by atoms with Crippen LogP contribution in [0.5, 0.6) is 0 Å². The summed E-state index contributed by atoms with van der Waals surface area (Å²) in [5.41, 5.74) is 1.59. The molecule has 2 fully saturated rings. The van der Waals surface area contributed by atoms with E-state index in [0.29, 0.717) is 16.6 Å². The van der Waals surface area contributed by atoms with Crippen LogP contribution >= 0.6 is 11.6 Å². The van der Waals surface area contributed by atoms with Gasteiger partial charge in [-0.05, 0) is 43.5 Å². The molecule has 2 aromatic rings. The Morgan fingerprint density at radius 3 is 3.00 bits per heavy atom. The Hall–Kier alpha value is -1.52. The lowest BCUT2D eigenvalue weighted by Crippen LogP contribution is -2.47. The van der Waals surface area contributed by atoms with E-state index < -0.39 is 0 Å². The van der Waals surface area contributed by atoms with Crippen molar-refractivity contribution < 1.29 is 4.79 Å². The topological polar surface area (TPSA) is 45.5 Å². The molecule has 20 heavy (non-hydrogen) atoms.